The fourth-order valence-electron chi connectivity index (χ4n) is 2.36. The molecule has 0 aromatic rings. The minimum atomic E-state index is -1.81. The second kappa shape index (κ2) is 7.63. The van der Waals surface area contributed by atoms with Crippen LogP contribution in [0, 0.1) is 6.29 Å². The van der Waals surface area contributed by atoms with Gasteiger partial charge in [0.1, 0.15) is 48.8 Å². The van der Waals surface area contributed by atoms with Gasteiger partial charge in [0.2, 0.25) is 0 Å². The molecule has 0 spiro atoms. The molecule has 2 fully saturated rings. The van der Waals surface area contributed by atoms with E-state index in [1.807, 2.05) is 0 Å². The van der Waals surface area contributed by atoms with E-state index in [1.54, 1.807) is 0 Å². The van der Waals surface area contributed by atoms with Crippen LogP contribution < -0.4 is 0 Å². The molecule has 2 saturated heterocycles. The summed E-state index contributed by atoms with van der Waals surface area (Å²) in [5, 5.41) is 76.3. The fourth-order valence-corrected chi connectivity index (χ4v) is 2.36. The van der Waals surface area contributed by atoms with E-state index in [2.05, 4.69) is 0 Å². The molecule has 2 aliphatic heterocycles. The summed E-state index contributed by atoms with van der Waals surface area (Å²) in [5.74, 6) is 0. The number of hydrogen-bond donors (Lipinski definition) is 8. The van der Waals surface area contributed by atoms with Crippen LogP contribution in [0.5, 0.6) is 0 Å². The molecule has 0 amide bonds. The maximum Gasteiger partial charge on any atom is 0.259 e. The van der Waals surface area contributed by atoms with Gasteiger partial charge in [0.15, 0.2) is 6.29 Å². The van der Waals surface area contributed by atoms with Crippen molar-refractivity contribution in [3.05, 3.63) is 6.29 Å². The molecule has 8 N–H and O–H groups in total. The molecule has 11 heteroatoms. The van der Waals surface area contributed by atoms with Gasteiger partial charge >= 0.3 is 0 Å². The maximum atomic E-state index is 9.83. The van der Waals surface area contributed by atoms with E-state index in [1.165, 1.54) is 0 Å². The van der Waals surface area contributed by atoms with Gasteiger partial charge in [-0.05, 0) is 0 Å². The molecule has 135 valence electrons. The average Bonchev–Trinajstić information content (AvgIpc) is 2.55. The second-order valence-corrected chi connectivity index (χ2v) is 5.40. The van der Waals surface area contributed by atoms with Gasteiger partial charge in [-0.15, -0.1) is 0 Å². The Morgan fingerprint density at radius 1 is 0.739 bits per heavy atom. The predicted molar refractivity (Wildman–Crippen MR) is 68.1 cm³/mol. The van der Waals surface area contributed by atoms with E-state index in [0.717, 1.165) is 0 Å². The summed E-state index contributed by atoms with van der Waals surface area (Å²) in [6, 6.07) is 0. The monoisotopic (exact) mass is 341 g/mol. The van der Waals surface area contributed by atoms with Crippen molar-refractivity contribution in [3.63, 3.8) is 0 Å². The third kappa shape index (κ3) is 3.65. The smallest absolute Gasteiger partial charge is 0.259 e. The minimum Gasteiger partial charge on any atom is -0.394 e. The normalized spacial score (nSPS) is 49.3. The lowest BCUT2D eigenvalue weighted by Crippen LogP contribution is -2.61. The highest BCUT2D eigenvalue weighted by molar-refractivity contribution is 4.98. The summed E-state index contributed by atoms with van der Waals surface area (Å²) < 4.78 is 15.1. The van der Waals surface area contributed by atoms with Crippen molar-refractivity contribution >= 4 is 0 Å². The Balaban J connectivity index is 2.07. The predicted octanol–water partition coefficient (Wildman–Crippen LogP) is -5.23. The number of ether oxygens (including phenoxy) is 3. The van der Waals surface area contributed by atoms with E-state index >= 15 is 0 Å². The molecule has 1 radical (unpaired) electrons. The molecule has 0 bridgehead atoms. The van der Waals surface area contributed by atoms with Gasteiger partial charge in [0.25, 0.3) is 6.29 Å². The average molecular weight is 341 g/mol. The summed E-state index contributed by atoms with van der Waals surface area (Å²) in [5.41, 5.74) is 0. The summed E-state index contributed by atoms with van der Waals surface area (Å²) in [7, 11) is 0. The van der Waals surface area contributed by atoms with E-state index in [4.69, 9.17) is 24.4 Å². The number of aliphatic hydroxyl groups excluding tert-OH is 8. The molecule has 1 unspecified atom stereocenters. The highest BCUT2D eigenvalue weighted by atomic mass is 16.8. The summed E-state index contributed by atoms with van der Waals surface area (Å²) >= 11 is 0. The summed E-state index contributed by atoms with van der Waals surface area (Å²) in [4.78, 5) is 0. The molecule has 9 atom stereocenters. The minimum absolute atomic E-state index is 0.647. The first kappa shape index (κ1) is 18.9. The third-order valence-electron chi connectivity index (χ3n) is 3.82. The molecule has 0 aromatic heterocycles. The third-order valence-corrected chi connectivity index (χ3v) is 3.82. The van der Waals surface area contributed by atoms with Crippen molar-refractivity contribution in [2.75, 3.05) is 13.2 Å². The van der Waals surface area contributed by atoms with E-state index in [0.29, 0.717) is 0 Å². The molecular weight excluding hydrogens is 320 g/mol. The van der Waals surface area contributed by atoms with Crippen molar-refractivity contribution < 1.29 is 55.1 Å². The zero-order valence-corrected chi connectivity index (χ0v) is 11.9. The topological polar surface area (TPSA) is 190 Å². The molecule has 0 aliphatic carbocycles. The van der Waals surface area contributed by atoms with Crippen LogP contribution in [0.2, 0.25) is 0 Å². The molecular formula is C12H21O11. The van der Waals surface area contributed by atoms with Crippen LogP contribution in [0.3, 0.4) is 0 Å². The number of rotatable bonds is 4. The standard InChI is InChI=1S/C12H21O11/c13-1-3-5(15)7(17)9(19)11(21-3)23-12-10(20)8(18)6(16)4(2-14)22-12/h3-11,13-20H,1-2H2/t3-,4-,5-,6-,7+,8+,9-,10-,11?/m1/s1. The van der Waals surface area contributed by atoms with Crippen molar-refractivity contribution in [2.45, 2.75) is 55.1 Å². The van der Waals surface area contributed by atoms with Crippen LogP contribution >= 0.6 is 0 Å². The largest absolute Gasteiger partial charge is 0.394 e. The summed E-state index contributed by atoms with van der Waals surface area (Å²) in [6.45, 7) is -1.36. The number of hydrogen-bond acceptors (Lipinski definition) is 11. The lowest BCUT2D eigenvalue weighted by molar-refractivity contribution is -0.338. The first-order valence-electron chi connectivity index (χ1n) is 6.97. The lowest BCUT2D eigenvalue weighted by atomic mass is 9.98. The van der Waals surface area contributed by atoms with Crippen LogP contribution in [-0.2, 0) is 14.2 Å². The van der Waals surface area contributed by atoms with Crippen molar-refractivity contribution in [1.82, 2.24) is 0 Å². The quantitative estimate of drug-likeness (QED) is 0.244. The molecule has 0 saturated carbocycles. The van der Waals surface area contributed by atoms with Gasteiger partial charge in [-0.1, -0.05) is 0 Å². The molecule has 2 heterocycles. The molecule has 2 aliphatic rings. The Labute approximate surface area is 130 Å². The zero-order valence-electron chi connectivity index (χ0n) is 11.9. The highest BCUT2D eigenvalue weighted by Gasteiger charge is 2.50. The van der Waals surface area contributed by atoms with Gasteiger partial charge in [-0.25, -0.2) is 0 Å². The van der Waals surface area contributed by atoms with E-state index in [-0.39, 0.29) is 0 Å². The van der Waals surface area contributed by atoms with Crippen LogP contribution in [0.4, 0.5) is 0 Å². The first-order valence-corrected chi connectivity index (χ1v) is 6.97. The van der Waals surface area contributed by atoms with Crippen LogP contribution in [0.15, 0.2) is 0 Å². The van der Waals surface area contributed by atoms with Crippen LogP contribution in [0.1, 0.15) is 0 Å². The molecule has 11 nitrogen and oxygen atoms in total. The van der Waals surface area contributed by atoms with Crippen LogP contribution in [0.25, 0.3) is 0 Å². The Hall–Kier alpha value is -0.440. The Morgan fingerprint density at radius 3 is 1.87 bits per heavy atom. The Morgan fingerprint density at radius 2 is 1.30 bits per heavy atom. The van der Waals surface area contributed by atoms with Gasteiger partial charge in [0.05, 0.1) is 13.2 Å². The fraction of sp³-hybridized carbons (Fsp3) is 0.917. The van der Waals surface area contributed by atoms with Gasteiger partial charge in [0, 0.05) is 0 Å². The van der Waals surface area contributed by atoms with Crippen molar-refractivity contribution in [3.8, 4) is 0 Å². The molecule has 2 rings (SSSR count). The van der Waals surface area contributed by atoms with E-state index in [9.17, 15) is 30.6 Å². The van der Waals surface area contributed by atoms with Gasteiger partial charge < -0.3 is 55.1 Å². The van der Waals surface area contributed by atoms with Gasteiger partial charge in [-0.2, -0.15) is 0 Å². The summed E-state index contributed by atoms with van der Waals surface area (Å²) in [6.07, 6.45) is -14.9. The Bertz CT molecular complexity index is 344. The second-order valence-electron chi connectivity index (χ2n) is 5.40. The van der Waals surface area contributed by atoms with Crippen molar-refractivity contribution in [1.29, 1.82) is 0 Å². The SMILES string of the molecule is OC[C@H]1O[C](OC2O[C@H](CO)[C@@H](O)[C@H](O)[C@H]2O)[C@H](O)[C@@H](O)[C@@H]1O. The highest BCUT2D eigenvalue weighted by Crippen LogP contribution is 2.31. The zero-order chi connectivity index (χ0) is 17.3. The molecule has 23 heavy (non-hydrogen) atoms. The lowest BCUT2D eigenvalue weighted by Gasteiger charge is -2.43. The number of aliphatic hydroxyl groups is 8. The van der Waals surface area contributed by atoms with E-state index < -0.39 is 74.6 Å². The van der Waals surface area contributed by atoms with Crippen LogP contribution in [-0.4, -0.2) is 109 Å². The van der Waals surface area contributed by atoms with Gasteiger partial charge in [-0.3, -0.25) is 0 Å². The first-order chi connectivity index (χ1) is 10.8. The molecule has 0 aromatic carbocycles. The van der Waals surface area contributed by atoms with Crippen molar-refractivity contribution in [2.24, 2.45) is 0 Å². The Kier molecular flexibility index (Phi) is 6.27. The maximum absolute atomic E-state index is 9.83.